The molecule has 0 unspecified atom stereocenters. The van der Waals surface area contributed by atoms with Crippen LogP contribution in [0.2, 0.25) is 0 Å². The van der Waals surface area contributed by atoms with Crippen molar-refractivity contribution < 1.29 is 19.0 Å². The number of aromatic nitrogens is 1. The summed E-state index contributed by atoms with van der Waals surface area (Å²) in [6, 6.07) is 14.2. The van der Waals surface area contributed by atoms with Gasteiger partial charge in [0.2, 0.25) is 0 Å². The molecule has 4 rings (SSSR count). The molecule has 182 valence electrons. The van der Waals surface area contributed by atoms with Crippen LogP contribution in [0, 0.1) is 0 Å². The van der Waals surface area contributed by atoms with Gasteiger partial charge < -0.3 is 14.2 Å². The zero-order valence-corrected chi connectivity index (χ0v) is 21.2. The van der Waals surface area contributed by atoms with Gasteiger partial charge in [0.25, 0.3) is 5.56 Å². The quantitative estimate of drug-likeness (QED) is 0.471. The first kappa shape index (κ1) is 24.5. The van der Waals surface area contributed by atoms with E-state index in [1.807, 2.05) is 62.4 Å². The van der Waals surface area contributed by atoms with Crippen molar-refractivity contribution in [1.29, 1.82) is 0 Å². The monoisotopic (exact) mass is 492 g/mol. The molecule has 35 heavy (non-hydrogen) atoms. The molecule has 0 saturated carbocycles. The second-order valence-electron chi connectivity index (χ2n) is 8.25. The summed E-state index contributed by atoms with van der Waals surface area (Å²) in [6.45, 7) is 7.60. The van der Waals surface area contributed by atoms with Crippen molar-refractivity contribution in [3.63, 3.8) is 0 Å². The normalized spacial score (nSPS) is 15.6. The summed E-state index contributed by atoms with van der Waals surface area (Å²) in [5.41, 5.74) is 2.06. The molecule has 0 saturated heterocycles. The Morgan fingerprint density at radius 2 is 1.83 bits per heavy atom. The van der Waals surface area contributed by atoms with Gasteiger partial charge in [0.05, 0.1) is 35.6 Å². The number of para-hydroxylation sites is 2. The van der Waals surface area contributed by atoms with Gasteiger partial charge in [-0.05, 0) is 45.9 Å². The number of methoxy groups -OCH3 is 1. The number of fused-ring (bicyclic) bond motifs is 1. The number of thiazole rings is 1. The van der Waals surface area contributed by atoms with Crippen LogP contribution in [-0.4, -0.2) is 30.4 Å². The highest BCUT2D eigenvalue weighted by Crippen LogP contribution is 2.36. The van der Waals surface area contributed by atoms with Crippen LogP contribution in [0.4, 0.5) is 0 Å². The fourth-order valence-corrected chi connectivity index (χ4v) is 5.12. The van der Waals surface area contributed by atoms with Gasteiger partial charge in [-0.3, -0.25) is 9.36 Å². The molecular formula is C27H28N2O5S. The number of carbonyl (C=O) groups is 1. The van der Waals surface area contributed by atoms with E-state index in [0.717, 1.165) is 5.56 Å². The number of carbonyl (C=O) groups excluding carboxylic acids is 1. The number of rotatable bonds is 7. The lowest BCUT2D eigenvalue weighted by atomic mass is 9.95. The van der Waals surface area contributed by atoms with Crippen molar-refractivity contribution in [1.82, 2.24) is 4.57 Å². The molecular weight excluding hydrogens is 464 g/mol. The number of hydrogen-bond acceptors (Lipinski definition) is 7. The average molecular weight is 493 g/mol. The Labute approximate surface area is 207 Å². The zero-order chi connectivity index (χ0) is 25.1. The molecule has 0 spiro atoms. The molecule has 0 N–H and O–H groups in total. The lowest BCUT2D eigenvalue weighted by Crippen LogP contribution is -2.40. The fraction of sp³-hybridized carbons (Fsp3) is 0.296. The highest BCUT2D eigenvalue weighted by atomic mass is 32.1. The Morgan fingerprint density at radius 3 is 2.51 bits per heavy atom. The lowest BCUT2D eigenvalue weighted by molar-refractivity contribution is -0.139. The van der Waals surface area contributed by atoms with Gasteiger partial charge in [-0.1, -0.05) is 47.7 Å². The first-order valence-electron chi connectivity index (χ1n) is 11.4. The standard InChI is InChI=1S/C27H28N2O5S/c1-6-33-26(31)23-17(4)28-27-29(24(23)19-12-8-10-14-21(19)34-16(2)3)25(30)22(35-27)15-18-11-7-9-13-20(18)32-5/h7-16,24H,6H2,1-5H3/b22-15+/t24-/m1/s1. The van der Waals surface area contributed by atoms with Gasteiger partial charge in [-0.2, -0.15) is 0 Å². The largest absolute Gasteiger partial charge is 0.496 e. The van der Waals surface area contributed by atoms with Crippen molar-refractivity contribution in [2.24, 2.45) is 4.99 Å². The molecule has 3 aromatic rings. The zero-order valence-electron chi connectivity index (χ0n) is 20.4. The van der Waals surface area contributed by atoms with Gasteiger partial charge >= 0.3 is 5.97 Å². The number of benzene rings is 2. The van der Waals surface area contributed by atoms with E-state index in [0.29, 0.717) is 37.7 Å². The molecule has 1 aliphatic heterocycles. The van der Waals surface area contributed by atoms with Crippen LogP contribution in [0.15, 0.2) is 69.6 Å². The number of esters is 1. The second-order valence-corrected chi connectivity index (χ2v) is 9.26. The minimum atomic E-state index is -0.736. The topological polar surface area (TPSA) is 79.1 Å². The molecule has 0 radical (unpaired) electrons. The fourth-order valence-electron chi connectivity index (χ4n) is 4.08. The first-order chi connectivity index (χ1) is 16.8. The molecule has 0 bridgehead atoms. The first-order valence-corrected chi connectivity index (χ1v) is 12.3. The van der Waals surface area contributed by atoms with E-state index < -0.39 is 12.0 Å². The summed E-state index contributed by atoms with van der Waals surface area (Å²) in [5, 5.41) is 0. The van der Waals surface area contributed by atoms with Crippen LogP contribution in [0.3, 0.4) is 0 Å². The summed E-state index contributed by atoms with van der Waals surface area (Å²) in [5.74, 6) is 0.759. The number of nitrogens with zero attached hydrogens (tertiary/aromatic N) is 2. The summed E-state index contributed by atoms with van der Waals surface area (Å²) in [7, 11) is 1.59. The van der Waals surface area contributed by atoms with Crippen molar-refractivity contribution in [3.05, 3.63) is 90.6 Å². The Hall–Kier alpha value is -3.65. The molecule has 0 fully saturated rings. The third kappa shape index (κ3) is 4.79. The van der Waals surface area contributed by atoms with E-state index in [1.165, 1.54) is 11.3 Å². The minimum absolute atomic E-state index is 0.0892. The van der Waals surface area contributed by atoms with Crippen LogP contribution in [0.25, 0.3) is 6.08 Å². The van der Waals surface area contributed by atoms with E-state index in [-0.39, 0.29) is 18.3 Å². The third-order valence-corrected chi connectivity index (χ3v) is 6.50. The predicted octanol–water partition coefficient (Wildman–Crippen LogP) is 3.59. The van der Waals surface area contributed by atoms with E-state index in [2.05, 4.69) is 4.99 Å². The molecule has 1 aromatic heterocycles. The Morgan fingerprint density at radius 1 is 1.14 bits per heavy atom. The van der Waals surface area contributed by atoms with Crippen LogP contribution >= 0.6 is 11.3 Å². The molecule has 0 amide bonds. The van der Waals surface area contributed by atoms with Crippen molar-refractivity contribution >= 4 is 23.4 Å². The Balaban J connectivity index is 2.00. The highest BCUT2D eigenvalue weighted by Gasteiger charge is 2.35. The predicted molar refractivity (Wildman–Crippen MR) is 136 cm³/mol. The van der Waals surface area contributed by atoms with Crippen LogP contribution < -0.4 is 24.4 Å². The van der Waals surface area contributed by atoms with Crippen LogP contribution in [0.1, 0.15) is 44.9 Å². The lowest BCUT2D eigenvalue weighted by Gasteiger charge is -2.26. The Kier molecular flexibility index (Phi) is 7.21. The van der Waals surface area contributed by atoms with E-state index >= 15 is 0 Å². The van der Waals surface area contributed by atoms with Crippen molar-refractivity contribution in [2.45, 2.75) is 39.8 Å². The maximum Gasteiger partial charge on any atom is 0.338 e. The SMILES string of the molecule is CCOC(=O)C1=C(C)N=c2s/c(=C/c3ccccc3OC)c(=O)n2[C@@H]1c1ccccc1OC(C)C. The maximum atomic E-state index is 13.8. The summed E-state index contributed by atoms with van der Waals surface area (Å²) < 4.78 is 18.9. The third-order valence-electron chi connectivity index (χ3n) is 5.52. The number of hydrogen-bond donors (Lipinski definition) is 0. The number of allylic oxidation sites excluding steroid dienone is 1. The molecule has 2 heterocycles. The van der Waals surface area contributed by atoms with Gasteiger partial charge in [-0.25, -0.2) is 9.79 Å². The van der Waals surface area contributed by atoms with E-state index in [1.54, 1.807) is 31.6 Å². The molecule has 1 aliphatic rings. The van der Waals surface area contributed by atoms with Crippen molar-refractivity contribution in [2.75, 3.05) is 13.7 Å². The van der Waals surface area contributed by atoms with Gasteiger partial charge in [0.1, 0.15) is 17.5 Å². The van der Waals surface area contributed by atoms with E-state index in [9.17, 15) is 9.59 Å². The molecule has 8 heteroatoms. The molecule has 0 aliphatic carbocycles. The van der Waals surface area contributed by atoms with Crippen LogP contribution in [-0.2, 0) is 9.53 Å². The minimum Gasteiger partial charge on any atom is -0.496 e. The van der Waals surface area contributed by atoms with Gasteiger partial charge in [0, 0.05) is 11.1 Å². The summed E-state index contributed by atoms with van der Waals surface area (Å²) in [6.07, 6.45) is 1.70. The van der Waals surface area contributed by atoms with E-state index in [4.69, 9.17) is 14.2 Å². The maximum absolute atomic E-state index is 13.8. The Bertz CT molecular complexity index is 1470. The smallest absolute Gasteiger partial charge is 0.338 e. The summed E-state index contributed by atoms with van der Waals surface area (Å²) >= 11 is 1.27. The molecule has 2 aromatic carbocycles. The average Bonchev–Trinajstić information content (AvgIpc) is 3.13. The summed E-state index contributed by atoms with van der Waals surface area (Å²) in [4.78, 5) is 32.0. The van der Waals surface area contributed by atoms with Gasteiger partial charge in [-0.15, -0.1) is 0 Å². The number of ether oxygens (including phenoxy) is 3. The molecule has 7 nitrogen and oxygen atoms in total. The molecule has 1 atom stereocenters. The van der Waals surface area contributed by atoms with Crippen molar-refractivity contribution in [3.8, 4) is 11.5 Å². The second kappa shape index (κ2) is 10.3. The van der Waals surface area contributed by atoms with Crippen LogP contribution in [0.5, 0.6) is 11.5 Å². The van der Waals surface area contributed by atoms with Gasteiger partial charge in [0.15, 0.2) is 4.80 Å². The highest BCUT2D eigenvalue weighted by molar-refractivity contribution is 7.07.